The lowest BCUT2D eigenvalue weighted by Crippen LogP contribution is -2.51. The summed E-state index contributed by atoms with van der Waals surface area (Å²) in [6, 6.07) is 6.67. The van der Waals surface area contributed by atoms with Crippen LogP contribution in [0.2, 0.25) is 0 Å². The number of aromatic nitrogens is 1. The number of carbonyl (C=O) groups excluding carboxylic acids is 1. The van der Waals surface area contributed by atoms with Crippen LogP contribution in [0.3, 0.4) is 0 Å². The molecule has 0 unspecified atom stereocenters. The molecule has 2 heterocycles. The monoisotopic (exact) mass is 468 g/mol. The van der Waals surface area contributed by atoms with Gasteiger partial charge < -0.3 is 15.4 Å². The highest BCUT2D eigenvalue weighted by Crippen LogP contribution is 2.28. The lowest BCUT2D eigenvalue weighted by Gasteiger charge is -2.37. The van der Waals surface area contributed by atoms with E-state index in [-0.39, 0.29) is 23.0 Å². The normalized spacial score (nSPS) is 14.6. The van der Waals surface area contributed by atoms with E-state index in [1.165, 1.54) is 29.8 Å². The van der Waals surface area contributed by atoms with Crippen LogP contribution in [0.15, 0.2) is 36.5 Å². The van der Waals surface area contributed by atoms with E-state index >= 15 is 0 Å². The molecule has 0 atom stereocenters. The average Bonchev–Trinajstić information content (AvgIpc) is 2.70. The SMILES string of the molecule is CC(C)Nc1cc(C=O)cnc1C(=N)c1cccc(OC(F)(F)F)c1.CNC1(C)CSC1. The van der Waals surface area contributed by atoms with E-state index < -0.39 is 12.1 Å². The molecule has 174 valence electrons. The Morgan fingerprint density at radius 2 is 2.00 bits per heavy atom. The van der Waals surface area contributed by atoms with E-state index in [0.717, 1.165) is 12.1 Å². The number of aldehydes is 1. The minimum atomic E-state index is -4.81. The number of halogens is 3. The van der Waals surface area contributed by atoms with Crippen molar-refractivity contribution < 1.29 is 22.7 Å². The molecule has 3 N–H and O–H groups in total. The van der Waals surface area contributed by atoms with Crippen molar-refractivity contribution in [3.05, 3.63) is 53.3 Å². The van der Waals surface area contributed by atoms with Gasteiger partial charge in [-0.2, -0.15) is 11.8 Å². The maximum atomic E-state index is 12.4. The maximum Gasteiger partial charge on any atom is 0.573 e. The second-order valence-electron chi connectivity index (χ2n) is 7.84. The smallest absolute Gasteiger partial charge is 0.406 e. The topological polar surface area (TPSA) is 87.1 Å². The fourth-order valence-corrected chi connectivity index (χ4v) is 3.81. The Labute approximate surface area is 189 Å². The maximum absolute atomic E-state index is 12.4. The Morgan fingerprint density at radius 3 is 2.47 bits per heavy atom. The Bertz CT molecular complexity index is 942. The molecule has 0 spiro atoms. The van der Waals surface area contributed by atoms with Crippen LogP contribution >= 0.6 is 11.8 Å². The highest BCUT2D eigenvalue weighted by molar-refractivity contribution is 8.00. The van der Waals surface area contributed by atoms with Crippen molar-refractivity contribution in [2.45, 2.75) is 38.7 Å². The van der Waals surface area contributed by atoms with Gasteiger partial charge in [0, 0.05) is 40.4 Å². The Hall–Kier alpha value is -2.59. The molecule has 0 amide bonds. The van der Waals surface area contributed by atoms with Crippen LogP contribution < -0.4 is 15.4 Å². The molecule has 32 heavy (non-hydrogen) atoms. The first kappa shape index (κ1) is 25.7. The van der Waals surface area contributed by atoms with E-state index in [1.807, 2.05) is 32.7 Å². The van der Waals surface area contributed by atoms with E-state index in [4.69, 9.17) is 5.41 Å². The molecule has 0 aliphatic carbocycles. The number of pyridine rings is 1. The molecule has 1 aliphatic rings. The third kappa shape index (κ3) is 7.52. The molecule has 6 nitrogen and oxygen atoms in total. The van der Waals surface area contributed by atoms with Gasteiger partial charge in [0.1, 0.15) is 11.4 Å². The van der Waals surface area contributed by atoms with Crippen molar-refractivity contribution in [3.8, 4) is 5.75 Å². The quantitative estimate of drug-likeness (QED) is 0.402. The molecule has 2 aromatic rings. The van der Waals surface area contributed by atoms with Crippen LogP contribution in [0, 0.1) is 5.41 Å². The molecular weight excluding hydrogens is 441 g/mol. The number of nitrogens with one attached hydrogen (secondary N) is 3. The van der Waals surface area contributed by atoms with Gasteiger partial charge in [0.15, 0.2) is 6.29 Å². The highest BCUT2D eigenvalue weighted by Gasteiger charge is 2.31. The van der Waals surface area contributed by atoms with Crippen molar-refractivity contribution in [2.75, 3.05) is 23.9 Å². The van der Waals surface area contributed by atoms with E-state index in [1.54, 1.807) is 6.07 Å². The predicted molar refractivity (Wildman–Crippen MR) is 122 cm³/mol. The standard InChI is InChI=1S/C17H16F3N3O2.C5H11NS/c1-10(2)23-14-6-11(9-24)8-22-16(14)15(21)12-4-3-5-13(7-12)25-17(18,19)20;1-5(6-2)3-7-4-5/h3-10,21,23H,1-2H3;6H,3-4H2,1-2H3. The van der Waals surface area contributed by atoms with Gasteiger partial charge in [0.25, 0.3) is 0 Å². The summed E-state index contributed by atoms with van der Waals surface area (Å²) in [6.07, 6.45) is -2.88. The van der Waals surface area contributed by atoms with Crippen LogP contribution in [0.5, 0.6) is 5.75 Å². The van der Waals surface area contributed by atoms with Gasteiger partial charge in [-0.05, 0) is 46.0 Å². The molecule has 1 aliphatic heterocycles. The molecule has 1 aromatic carbocycles. The average molecular weight is 469 g/mol. The molecule has 3 rings (SSSR count). The van der Waals surface area contributed by atoms with Gasteiger partial charge in [0.2, 0.25) is 0 Å². The number of anilines is 1. The van der Waals surface area contributed by atoms with Crippen LogP contribution in [0.25, 0.3) is 0 Å². The van der Waals surface area contributed by atoms with Crippen molar-refractivity contribution in [3.63, 3.8) is 0 Å². The summed E-state index contributed by atoms with van der Waals surface area (Å²) in [7, 11) is 2.03. The number of ether oxygens (including phenoxy) is 1. The molecule has 1 fully saturated rings. The summed E-state index contributed by atoms with van der Waals surface area (Å²) < 4.78 is 41.0. The lowest BCUT2D eigenvalue weighted by molar-refractivity contribution is -0.274. The molecule has 0 radical (unpaired) electrons. The van der Waals surface area contributed by atoms with Crippen LogP contribution in [0.1, 0.15) is 42.4 Å². The number of alkyl halides is 3. The summed E-state index contributed by atoms with van der Waals surface area (Å²) in [4.78, 5) is 15.0. The number of nitrogens with zero attached hydrogens (tertiary/aromatic N) is 1. The van der Waals surface area contributed by atoms with Gasteiger partial charge in [0.05, 0.1) is 11.4 Å². The summed E-state index contributed by atoms with van der Waals surface area (Å²) in [5.41, 5.74) is 1.60. The second-order valence-corrected chi connectivity index (χ2v) is 8.82. The minimum absolute atomic E-state index is 0.00940. The van der Waals surface area contributed by atoms with Crippen molar-refractivity contribution >= 4 is 29.4 Å². The molecule has 10 heteroatoms. The Kier molecular flexibility index (Phi) is 8.68. The second kappa shape index (κ2) is 10.8. The third-order valence-electron chi connectivity index (χ3n) is 4.53. The van der Waals surface area contributed by atoms with E-state index in [9.17, 15) is 18.0 Å². The first-order valence-electron chi connectivity index (χ1n) is 9.90. The van der Waals surface area contributed by atoms with Gasteiger partial charge in [-0.15, -0.1) is 13.2 Å². The van der Waals surface area contributed by atoms with Crippen LogP contribution in [-0.4, -0.2) is 53.5 Å². The first-order valence-corrected chi connectivity index (χ1v) is 11.1. The molecule has 1 aromatic heterocycles. The van der Waals surface area contributed by atoms with E-state index in [0.29, 0.717) is 23.1 Å². The van der Waals surface area contributed by atoms with E-state index in [2.05, 4.69) is 27.3 Å². The fraction of sp³-hybridized carbons (Fsp3) is 0.409. The third-order valence-corrected chi connectivity index (χ3v) is 6.21. The van der Waals surface area contributed by atoms with Gasteiger partial charge in [-0.25, -0.2) is 0 Å². The minimum Gasteiger partial charge on any atom is -0.406 e. The van der Waals surface area contributed by atoms with Crippen molar-refractivity contribution in [2.24, 2.45) is 0 Å². The zero-order valence-electron chi connectivity index (χ0n) is 18.3. The zero-order chi connectivity index (χ0) is 23.9. The van der Waals surface area contributed by atoms with Crippen molar-refractivity contribution in [1.29, 1.82) is 5.41 Å². The summed E-state index contributed by atoms with van der Waals surface area (Å²) in [6.45, 7) is 6.00. The zero-order valence-corrected chi connectivity index (χ0v) is 19.2. The first-order chi connectivity index (χ1) is 15.0. The predicted octanol–water partition coefficient (Wildman–Crippen LogP) is 4.74. The summed E-state index contributed by atoms with van der Waals surface area (Å²) in [5, 5.41) is 14.6. The number of hydrogen-bond acceptors (Lipinski definition) is 7. The number of carbonyl (C=O) groups is 1. The molecule has 0 bridgehead atoms. The lowest BCUT2D eigenvalue weighted by atomic mass is 10.0. The highest BCUT2D eigenvalue weighted by atomic mass is 32.2. The number of benzene rings is 1. The summed E-state index contributed by atoms with van der Waals surface area (Å²) >= 11 is 2.01. The molecule has 1 saturated heterocycles. The van der Waals surface area contributed by atoms with Gasteiger partial charge in [-0.3, -0.25) is 15.2 Å². The van der Waals surface area contributed by atoms with Gasteiger partial charge >= 0.3 is 6.36 Å². The fourth-order valence-electron chi connectivity index (χ4n) is 2.70. The largest absolute Gasteiger partial charge is 0.573 e. The van der Waals surface area contributed by atoms with Gasteiger partial charge in [-0.1, -0.05) is 12.1 Å². The Balaban J connectivity index is 0.000000439. The number of hydrogen-bond donors (Lipinski definition) is 3. The van der Waals surface area contributed by atoms with Crippen LogP contribution in [0.4, 0.5) is 18.9 Å². The molecular formula is C22H27F3N4O2S. The number of thioether (sulfide) groups is 1. The Morgan fingerprint density at radius 1 is 1.31 bits per heavy atom. The van der Waals surface area contributed by atoms with Crippen molar-refractivity contribution in [1.82, 2.24) is 10.3 Å². The number of rotatable bonds is 7. The molecule has 0 saturated carbocycles. The summed E-state index contributed by atoms with van der Waals surface area (Å²) in [5.74, 6) is 2.14. The van der Waals surface area contributed by atoms with Crippen LogP contribution in [-0.2, 0) is 0 Å².